The van der Waals surface area contributed by atoms with E-state index in [0.29, 0.717) is 17.9 Å². The number of allylic oxidation sites excluding steroid dienone is 1. The van der Waals surface area contributed by atoms with E-state index in [2.05, 4.69) is 17.2 Å². The van der Waals surface area contributed by atoms with Crippen LogP contribution < -0.4 is 5.48 Å². The molecule has 27 heavy (non-hydrogen) atoms. The summed E-state index contributed by atoms with van der Waals surface area (Å²) in [7, 11) is 2.67. The lowest BCUT2D eigenvalue weighted by atomic mass is 10.0. The normalized spacial score (nSPS) is 11.3. The summed E-state index contributed by atoms with van der Waals surface area (Å²) in [5.41, 5.74) is 5.81. The van der Waals surface area contributed by atoms with Gasteiger partial charge in [0.05, 0.1) is 19.4 Å². The fourth-order valence-electron chi connectivity index (χ4n) is 2.25. The smallest absolute Gasteiger partial charge is 0.360 e. The summed E-state index contributed by atoms with van der Waals surface area (Å²) in [5.74, 6) is -0.583. The standard InChI is InChI=1S/C21H22N2O4/c1-16(22-27-15-17-9-5-4-6-10-17)13-14-18-11-7-8-12-19(18)20(23-26-3)21(24)25-2/h4-14,22H,1,15H2,2-3H3. The number of esters is 1. The molecular weight excluding hydrogens is 344 g/mol. The number of nitrogens with one attached hydrogen (secondary N) is 1. The Hall–Kier alpha value is -3.38. The third-order valence-electron chi connectivity index (χ3n) is 3.53. The number of benzene rings is 2. The Labute approximate surface area is 158 Å². The molecule has 0 atom stereocenters. The number of nitrogens with zero attached hydrogens (tertiary/aromatic N) is 1. The number of hydrogen-bond acceptors (Lipinski definition) is 6. The molecule has 0 aliphatic carbocycles. The fraction of sp³-hybridized carbons (Fsp3) is 0.143. The van der Waals surface area contributed by atoms with Crippen molar-refractivity contribution in [2.45, 2.75) is 6.61 Å². The fourth-order valence-corrected chi connectivity index (χ4v) is 2.25. The molecule has 2 aromatic rings. The van der Waals surface area contributed by atoms with E-state index in [1.807, 2.05) is 42.5 Å². The summed E-state index contributed by atoms with van der Waals surface area (Å²) < 4.78 is 4.77. The van der Waals surface area contributed by atoms with Crippen LogP contribution in [0, 0.1) is 0 Å². The number of rotatable bonds is 9. The van der Waals surface area contributed by atoms with E-state index < -0.39 is 5.97 Å². The first-order valence-electron chi connectivity index (χ1n) is 8.23. The first kappa shape index (κ1) is 19.9. The molecule has 2 aromatic carbocycles. The predicted molar refractivity (Wildman–Crippen MR) is 105 cm³/mol. The molecule has 0 aliphatic rings. The highest BCUT2D eigenvalue weighted by molar-refractivity contribution is 6.43. The predicted octanol–water partition coefficient (Wildman–Crippen LogP) is 3.46. The van der Waals surface area contributed by atoms with E-state index in [-0.39, 0.29) is 5.71 Å². The minimum Gasteiger partial charge on any atom is -0.464 e. The van der Waals surface area contributed by atoms with Crippen LogP contribution in [0.25, 0.3) is 6.08 Å². The Bertz CT molecular complexity index is 829. The number of hydroxylamine groups is 1. The van der Waals surface area contributed by atoms with Crippen LogP contribution in [0.3, 0.4) is 0 Å². The van der Waals surface area contributed by atoms with Gasteiger partial charge in [-0.2, -0.15) is 0 Å². The van der Waals surface area contributed by atoms with Gasteiger partial charge in [-0.15, -0.1) is 0 Å². The zero-order valence-electron chi connectivity index (χ0n) is 15.3. The van der Waals surface area contributed by atoms with E-state index in [0.717, 1.165) is 11.1 Å². The second-order valence-electron chi connectivity index (χ2n) is 5.44. The van der Waals surface area contributed by atoms with Gasteiger partial charge in [-0.05, 0) is 17.2 Å². The van der Waals surface area contributed by atoms with Crippen LogP contribution in [0.4, 0.5) is 0 Å². The molecule has 2 rings (SSSR count). The summed E-state index contributed by atoms with van der Waals surface area (Å²) in [4.78, 5) is 22.2. The van der Waals surface area contributed by atoms with Crippen LogP contribution >= 0.6 is 0 Å². The van der Waals surface area contributed by atoms with Crippen molar-refractivity contribution in [1.82, 2.24) is 5.48 Å². The van der Waals surface area contributed by atoms with Crippen molar-refractivity contribution in [3.63, 3.8) is 0 Å². The highest BCUT2D eigenvalue weighted by Gasteiger charge is 2.17. The highest BCUT2D eigenvalue weighted by Crippen LogP contribution is 2.14. The second-order valence-corrected chi connectivity index (χ2v) is 5.44. The molecule has 0 fully saturated rings. The largest absolute Gasteiger partial charge is 0.464 e. The molecule has 6 nitrogen and oxygen atoms in total. The van der Waals surface area contributed by atoms with E-state index in [1.165, 1.54) is 14.2 Å². The van der Waals surface area contributed by atoms with E-state index in [4.69, 9.17) is 14.4 Å². The van der Waals surface area contributed by atoms with Gasteiger partial charge in [0.2, 0.25) is 0 Å². The van der Waals surface area contributed by atoms with Gasteiger partial charge in [-0.3, -0.25) is 10.3 Å². The van der Waals surface area contributed by atoms with E-state index in [1.54, 1.807) is 24.3 Å². The number of carbonyl (C=O) groups is 1. The molecule has 0 saturated carbocycles. The van der Waals surface area contributed by atoms with Gasteiger partial charge in [0.25, 0.3) is 0 Å². The van der Waals surface area contributed by atoms with Crippen LogP contribution in [0.5, 0.6) is 0 Å². The Morgan fingerprint density at radius 2 is 1.81 bits per heavy atom. The molecule has 0 unspecified atom stereocenters. The number of ether oxygens (including phenoxy) is 1. The molecule has 0 amide bonds. The molecule has 0 bridgehead atoms. The van der Waals surface area contributed by atoms with Crippen LogP contribution in [-0.4, -0.2) is 25.9 Å². The molecule has 0 saturated heterocycles. The number of methoxy groups -OCH3 is 1. The summed E-state index contributed by atoms with van der Waals surface area (Å²) in [6.45, 7) is 4.31. The van der Waals surface area contributed by atoms with Crippen LogP contribution in [0.1, 0.15) is 16.7 Å². The van der Waals surface area contributed by atoms with Crippen molar-refractivity contribution < 1.29 is 19.2 Å². The van der Waals surface area contributed by atoms with Gasteiger partial charge in [-0.1, -0.05) is 72.4 Å². The van der Waals surface area contributed by atoms with Crippen molar-refractivity contribution in [3.05, 3.63) is 89.6 Å². The molecule has 6 heteroatoms. The van der Waals surface area contributed by atoms with Crippen LogP contribution in [-0.2, 0) is 25.8 Å². The topological polar surface area (TPSA) is 69.2 Å². The summed E-state index contributed by atoms with van der Waals surface area (Å²) in [5, 5.41) is 3.78. The van der Waals surface area contributed by atoms with Gasteiger partial charge in [0.15, 0.2) is 5.71 Å². The Balaban J connectivity index is 2.04. The molecule has 0 heterocycles. The lowest BCUT2D eigenvalue weighted by Crippen LogP contribution is -2.18. The minimum absolute atomic E-state index is 0.0825. The van der Waals surface area contributed by atoms with Crippen LogP contribution in [0.15, 0.2) is 78.1 Å². The quantitative estimate of drug-likeness (QED) is 0.319. The van der Waals surface area contributed by atoms with Gasteiger partial charge >= 0.3 is 5.97 Å². The molecule has 0 spiro atoms. The SMILES string of the molecule is C=C(C=Cc1ccccc1C(=NOC)C(=O)OC)NOCc1ccccc1. The van der Waals surface area contributed by atoms with Crippen molar-refractivity contribution in [2.75, 3.05) is 14.2 Å². The van der Waals surface area contributed by atoms with Crippen molar-refractivity contribution >= 4 is 17.8 Å². The minimum atomic E-state index is -0.583. The van der Waals surface area contributed by atoms with E-state index >= 15 is 0 Å². The summed E-state index contributed by atoms with van der Waals surface area (Å²) >= 11 is 0. The average Bonchev–Trinajstić information content (AvgIpc) is 2.71. The van der Waals surface area contributed by atoms with E-state index in [9.17, 15) is 4.79 Å². The lowest BCUT2D eigenvalue weighted by Gasteiger charge is -2.09. The van der Waals surface area contributed by atoms with Crippen LogP contribution in [0.2, 0.25) is 0 Å². The third kappa shape index (κ3) is 6.13. The molecular formula is C21H22N2O4. The average molecular weight is 366 g/mol. The summed E-state index contributed by atoms with van der Waals surface area (Å²) in [6, 6.07) is 17.1. The maximum Gasteiger partial charge on any atom is 0.360 e. The third-order valence-corrected chi connectivity index (χ3v) is 3.53. The molecule has 0 aromatic heterocycles. The summed E-state index contributed by atoms with van der Waals surface area (Å²) in [6.07, 6.45) is 3.54. The number of hydrogen-bond donors (Lipinski definition) is 1. The zero-order chi connectivity index (χ0) is 19.5. The molecule has 0 aliphatic heterocycles. The van der Waals surface area contributed by atoms with Gasteiger partial charge in [0, 0.05) is 5.56 Å². The highest BCUT2D eigenvalue weighted by atomic mass is 16.6. The maximum absolute atomic E-state index is 12.0. The second kappa shape index (κ2) is 10.6. The Morgan fingerprint density at radius 1 is 1.11 bits per heavy atom. The number of carbonyl (C=O) groups excluding carboxylic acids is 1. The first-order valence-corrected chi connectivity index (χ1v) is 8.23. The molecule has 0 radical (unpaired) electrons. The number of oxime groups is 1. The van der Waals surface area contributed by atoms with Crippen molar-refractivity contribution in [1.29, 1.82) is 0 Å². The van der Waals surface area contributed by atoms with Crippen molar-refractivity contribution in [2.24, 2.45) is 5.16 Å². The molecule has 1 N–H and O–H groups in total. The van der Waals surface area contributed by atoms with Crippen molar-refractivity contribution in [3.8, 4) is 0 Å². The monoisotopic (exact) mass is 366 g/mol. The molecule has 140 valence electrons. The maximum atomic E-state index is 12.0. The Kier molecular flexibility index (Phi) is 7.81. The van der Waals surface area contributed by atoms with Gasteiger partial charge in [-0.25, -0.2) is 4.79 Å². The zero-order valence-corrected chi connectivity index (χ0v) is 15.3. The lowest BCUT2D eigenvalue weighted by molar-refractivity contribution is -0.132. The van der Waals surface area contributed by atoms with Gasteiger partial charge < -0.3 is 9.57 Å². The Morgan fingerprint density at radius 3 is 2.52 bits per heavy atom. The van der Waals surface area contributed by atoms with Gasteiger partial charge in [0.1, 0.15) is 7.11 Å². The first-order chi connectivity index (χ1) is 13.2.